The zero-order chi connectivity index (χ0) is 16.8. The monoisotopic (exact) mass is 320 g/mol. The second-order valence-corrected chi connectivity index (χ2v) is 5.00. The van der Waals surface area contributed by atoms with E-state index >= 15 is 0 Å². The lowest BCUT2D eigenvalue weighted by atomic mass is 9.95. The van der Waals surface area contributed by atoms with Crippen molar-refractivity contribution >= 4 is 12.0 Å². The van der Waals surface area contributed by atoms with Crippen molar-refractivity contribution in [1.29, 1.82) is 0 Å². The number of hydrogen-bond donors (Lipinski definition) is 3. The van der Waals surface area contributed by atoms with E-state index in [4.69, 9.17) is 9.47 Å². The number of carbonyl (C=O) groups is 2. The molecule has 0 saturated carbocycles. The van der Waals surface area contributed by atoms with Gasteiger partial charge < -0.3 is 25.2 Å². The van der Waals surface area contributed by atoms with Gasteiger partial charge in [0.25, 0.3) is 0 Å². The minimum Gasteiger partial charge on any atom is -0.508 e. The maximum Gasteiger partial charge on any atom is 0.338 e. The number of amides is 2. The number of urea groups is 1. The van der Waals surface area contributed by atoms with Crippen molar-refractivity contribution in [2.45, 2.75) is 19.9 Å². The summed E-state index contributed by atoms with van der Waals surface area (Å²) in [6, 6.07) is 5.28. The highest BCUT2D eigenvalue weighted by molar-refractivity contribution is 5.95. The third-order valence-corrected chi connectivity index (χ3v) is 3.36. The molecule has 0 spiro atoms. The van der Waals surface area contributed by atoms with Crippen LogP contribution in [0.5, 0.6) is 5.75 Å². The van der Waals surface area contributed by atoms with Gasteiger partial charge in [0.05, 0.1) is 18.2 Å². The van der Waals surface area contributed by atoms with Gasteiger partial charge in [-0.1, -0.05) is 12.1 Å². The molecule has 2 rings (SSSR count). The Kier molecular flexibility index (Phi) is 5.59. The van der Waals surface area contributed by atoms with Gasteiger partial charge in [-0.05, 0) is 31.5 Å². The van der Waals surface area contributed by atoms with E-state index in [2.05, 4.69) is 10.6 Å². The second-order valence-electron chi connectivity index (χ2n) is 5.00. The highest BCUT2D eigenvalue weighted by Crippen LogP contribution is 2.29. The summed E-state index contributed by atoms with van der Waals surface area (Å²) < 4.78 is 10.3. The molecule has 7 nitrogen and oxygen atoms in total. The van der Waals surface area contributed by atoms with E-state index in [1.165, 1.54) is 12.1 Å². The van der Waals surface area contributed by atoms with Crippen molar-refractivity contribution in [1.82, 2.24) is 10.6 Å². The Morgan fingerprint density at radius 3 is 2.83 bits per heavy atom. The van der Waals surface area contributed by atoms with Gasteiger partial charge in [0.2, 0.25) is 0 Å². The molecule has 2 amide bonds. The molecule has 1 atom stereocenters. The van der Waals surface area contributed by atoms with Crippen molar-refractivity contribution in [2.75, 3.05) is 19.8 Å². The van der Waals surface area contributed by atoms with Crippen LogP contribution in [0.15, 0.2) is 35.5 Å². The zero-order valence-corrected chi connectivity index (χ0v) is 13.1. The SMILES string of the molecule is CCOCCOC(=O)C1=C(C)NC(=O)NC1c1cccc(O)c1. The largest absolute Gasteiger partial charge is 0.508 e. The van der Waals surface area contributed by atoms with Gasteiger partial charge in [-0.3, -0.25) is 0 Å². The Hall–Kier alpha value is -2.54. The molecule has 1 aliphatic heterocycles. The number of ether oxygens (including phenoxy) is 2. The van der Waals surface area contributed by atoms with E-state index in [-0.39, 0.29) is 12.4 Å². The van der Waals surface area contributed by atoms with E-state index in [0.717, 1.165) is 0 Å². The molecule has 1 unspecified atom stereocenters. The number of aromatic hydroxyl groups is 1. The molecule has 0 radical (unpaired) electrons. The summed E-state index contributed by atoms with van der Waals surface area (Å²) in [6.07, 6.45) is 0. The predicted octanol–water partition coefficient (Wildman–Crippen LogP) is 1.60. The molecule has 0 fully saturated rings. The highest BCUT2D eigenvalue weighted by atomic mass is 16.6. The quantitative estimate of drug-likeness (QED) is 0.546. The minimum absolute atomic E-state index is 0.0528. The molecule has 1 aliphatic rings. The number of benzene rings is 1. The Balaban J connectivity index is 2.22. The Morgan fingerprint density at radius 2 is 2.13 bits per heavy atom. The third kappa shape index (κ3) is 4.23. The maximum absolute atomic E-state index is 12.4. The smallest absolute Gasteiger partial charge is 0.338 e. The lowest BCUT2D eigenvalue weighted by Crippen LogP contribution is -2.45. The molecule has 1 aromatic rings. The third-order valence-electron chi connectivity index (χ3n) is 3.36. The van der Waals surface area contributed by atoms with Crippen molar-refractivity contribution in [3.05, 3.63) is 41.1 Å². The van der Waals surface area contributed by atoms with E-state index in [0.29, 0.717) is 30.0 Å². The van der Waals surface area contributed by atoms with Crippen LogP contribution in [-0.4, -0.2) is 36.9 Å². The standard InChI is InChI=1S/C16H20N2O5/c1-3-22-7-8-23-15(20)13-10(2)17-16(21)18-14(13)11-5-4-6-12(19)9-11/h4-6,9,14,19H,3,7-8H2,1-2H3,(H2,17,18,21). The van der Waals surface area contributed by atoms with E-state index in [9.17, 15) is 14.7 Å². The molecular weight excluding hydrogens is 300 g/mol. The molecule has 0 bridgehead atoms. The summed E-state index contributed by atoms with van der Waals surface area (Å²) in [5.41, 5.74) is 1.31. The fourth-order valence-corrected chi connectivity index (χ4v) is 2.33. The Morgan fingerprint density at radius 1 is 1.35 bits per heavy atom. The molecule has 3 N–H and O–H groups in total. The summed E-state index contributed by atoms with van der Waals surface area (Å²) in [5, 5.41) is 14.9. The number of phenolic OH excluding ortho intramolecular Hbond substituents is 1. The van der Waals surface area contributed by atoms with Crippen molar-refractivity contribution in [3.8, 4) is 5.75 Å². The molecule has 1 aromatic carbocycles. The van der Waals surface area contributed by atoms with Crippen LogP contribution in [0.3, 0.4) is 0 Å². The van der Waals surface area contributed by atoms with Crippen LogP contribution in [0.2, 0.25) is 0 Å². The number of rotatable bonds is 6. The molecule has 0 aromatic heterocycles. The van der Waals surface area contributed by atoms with Crippen LogP contribution in [0.1, 0.15) is 25.5 Å². The molecule has 0 aliphatic carbocycles. The first-order valence-electron chi connectivity index (χ1n) is 7.35. The number of hydrogen-bond acceptors (Lipinski definition) is 5. The molecule has 23 heavy (non-hydrogen) atoms. The first-order valence-corrected chi connectivity index (χ1v) is 7.35. The van der Waals surface area contributed by atoms with Crippen LogP contribution in [-0.2, 0) is 14.3 Å². The van der Waals surface area contributed by atoms with Gasteiger partial charge in [-0.25, -0.2) is 9.59 Å². The average molecular weight is 320 g/mol. The lowest BCUT2D eigenvalue weighted by Gasteiger charge is -2.28. The van der Waals surface area contributed by atoms with Crippen molar-refractivity contribution in [2.24, 2.45) is 0 Å². The maximum atomic E-state index is 12.4. The molecule has 0 saturated heterocycles. The fourth-order valence-electron chi connectivity index (χ4n) is 2.33. The molecule has 7 heteroatoms. The zero-order valence-electron chi connectivity index (χ0n) is 13.1. The summed E-state index contributed by atoms with van der Waals surface area (Å²) in [5.74, 6) is -0.486. The van der Waals surface area contributed by atoms with Crippen LogP contribution in [0, 0.1) is 0 Å². The van der Waals surface area contributed by atoms with Gasteiger partial charge in [0.15, 0.2) is 0 Å². The summed E-state index contributed by atoms with van der Waals surface area (Å²) in [7, 11) is 0. The van der Waals surface area contributed by atoms with Gasteiger partial charge in [0, 0.05) is 12.3 Å². The van der Waals surface area contributed by atoms with Crippen LogP contribution < -0.4 is 10.6 Å². The normalized spacial score (nSPS) is 17.5. The number of allylic oxidation sites excluding steroid dienone is 1. The summed E-state index contributed by atoms with van der Waals surface area (Å²) >= 11 is 0. The Bertz CT molecular complexity index is 627. The second kappa shape index (κ2) is 7.64. The summed E-state index contributed by atoms with van der Waals surface area (Å²) in [4.78, 5) is 24.1. The minimum atomic E-state index is -0.685. The van der Waals surface area contributed by atoms with Crippen molar-refractivity contribution in [3.63, 3.8) is 0 Å². The lowest BCUT2D eigenvalue weighted by molar-refractivity contribution is -0.141. The summed E-state index contributed by atoms with van der Waals surface area (Å²) in [6.45, 7) is 4.47. The molecule has 1 heterocycles. The van der Waals surface area contributed by atoms with Gasteiger partial charge >= 0.3 is 12.0 Å². The number of esters is 1. The number of carbonyl (C=O) groups excluding carboxylic acids is 2. The van der Waals surface area contributed by atoms with E-state index in [1.807, 2.05) is 6.92 Å². The van der Waals surface area contributed by atoms with Crippen LogP contribution in [0.25, 0.3) is 0 Å². The van der Waals surface area contributed by atoms with Crippen molar-refractivity contribution < 1.29 is 24.2 Å². The molecular formula is C16H20N2O5. The van der Waals surface area contributed by atoms with Gasteiger partial charge in [0.1, 0.15) is 12.4 Å². The van der Waals surface area contributed by atoms with Crippen LogP contribution in [0.4, 0.5) is 4.79 Å². The Labute approximate surface area is 134 Å². The topological polar surface area (TPSA) is 96.9 Å². The van der Waals surface area contributed by atoms with Crippen LogP contribution >= 0.6 is 0 Å². The van der Waals surface area contributed by atoms with E-state index in [1.54, 1.807) is 19.1 Å². The number of nitrogens with one attached hydrogen (secondary N) is 2. The highest BCUT2D eigenvalue weighted by Gasteiger charge is 2.32. The number of phenols is 1. The van der Waals surface area contributed by atoms with E-state index < -0.39 is 18.0 Å². The van der Waals surface area contributed by atoms with Gasteiger partial charge in [-0.15, -0.1) is 0 Å². The first-order chi connectivity index (χ1) is 11.0. The first kappa shape index (κ1) is 16.8. The molecule has 124 valence electrons. The fraction of sp³-hybridized carbons (Fsp3) is 0.375. The predicted molar refractivity (Wildman–Crippen MR) is 82.7 cm³/mol. The van der Waals surface area contributed by atoms with Gasteiger partial charge in [-0.2, -0.15) is 0 Å². The average Bonchev–Trinajstić information content (AvgIpc) is 2.50.